The minimum Gasteiger partial charge on any atom is -0.501 e. The van der Waals surface area contributed by atoms with E-state index in [0.29, 0.717) is 0 Å². The molecule has 1 atom stereocenters. The monoisotopic (exact) mass is 237 g/mol. The lowest BCUT2D eigenvalue weighted by Crippen LogP contribution is -2.16. The van der Waals surface area contributed by atoms with Crippen LogP contribution in [0.3, 0.4) is 0 Å². The average molecular weight is 238 g/mol. The molecular formula is C13H16ClNO. The molecule has 1 aliphatic rings. The highest BCUT2D eigenvalue weighted by atomic mass is 35.5. The lowest BCUT2D eigenvalue weighted by molar-refractivity contribution is 0.221. The highest BCUT2D eigenvalue weighted by Gasteiger charge is 2.17. The lowest BCUT2D eigenvalue weighted by Gasteiger charge is -2.21. The number of ether oxygens (including phenoxy) is 1. The molecule has 0 amide bonds. The van der Waals surface area contributed by atoms with E-state index in [4.69, 9.17) is 22.1 Å². The maximum atomic E-state index is 6.20. The zero-order valence-electron chi connectivity index (χ0n) is 9.37. The third-order valence-corrected chi connectivity index (χ3v) is 3.18. The van der Waals surface area contributed by atoms with E-state index < -0.39 is 0 Å². The van der Waals surface area contributed by atoms with Crippen LogP contribution in [0.5, 0.6) is 0 Å². The molecular weight excluding hydrogens is 222 g/mol. The van der Waals surface area contributed by atoms with Gasteiger partial charge in [0, 0.05) is 5.02 Å². The molecule has 2 nitrogen and oxygen atoms in total. The second-order valence-electron chi connectivity index (χ2n) is 4.17. The number of aryl methyl sites for hydroxylation is 1. The van der Waals surface area contributed by atoms with Gasteiger partial charge in [-0.05, 0) is 42.5 Å². The molecule has 1 aromatic carbocycles. The Labute approximate surface area is 101 Å². The minimum atomic E-state index is -0.145. The Morgan fingerprint density at radius 1 is 1.44 bits per heavy atom. The number of hydrogen-bond donors (Lipinski definition) is 1. The van der Waals surface area contributed by atoms with E-state index in [1.807, 2.05) is 25.1 Å². The maximum Gasteiger partial charge on any atom is 0.0876 e. The van der Waals surface area contributed by atoms with E-state index in [0.717, 1.165) is 41.2 Å². The Morgan fingerprint density at radius 3 is 2.88 bits per heavy atom. The Bertz CT molecular complexity index is 414. The SMILES string of the molecule is Cc1ccc(C(N)C2=COCCC2)c(Cl)c1. The number of hydrogen-bond acceptors (Lipinski definition) is 2. The quantitative estimate of drug-likeness (QED) is 0.856. The van der Waals surface area contributed by atoms with Crippen LogP contribution in [0.4, 0.5) is 0 Å². The summed E-state index contributed by atoms with van der Waals surface area (Å²) in [5, 5.41) is 0.735. The van der Waals surface area contributed by atoms with Crippen LogP contribution in [0.1, 0.15) is 30.0 Å². The summed E-state index contributed by atoms with van der Waals surface area (Å²) in [6.45, 7) is 2.81. The summed E-state index contributed by atoms with van der Waals surface area (Å²) in [7, 11) is 0. The molecule has 1 aliphatic heterocycles. The molecule has 0 fully saturated rings. The van der Waals surface area contributed by atoms with Crippen LogP contribution in [0.15, 0.2) is 30.0 Å². The van der Waals surface area contributed by atoms with Gasteiger partial charge in [-0.2, -0.15) is 0 Å². The topological polar surface area (TPSA) is 35.2 Å². The summed E-state index contributed by atoms with van der Waals surface area (Å²) in [5.74, 6) is 0. The molecule has 1 heterocycles. The molecule has 0 aromatic heterocycles. The smallest absolute Gasteiger partial charge is 0.0876 e. The first-order valence-corrected chi connectivity index (χ1v) is 5.88. The van der Waals surface area contributed by atoms with Crippen molar-refractivity contribution in [1.82, 2.24) is 0 Å². The van der Waals surface area contributed by atoms with Crippen LogP contribution in [0.2, 0.25) is 5.02 Å². The summed E-state index contributed by atoms with van der Waals surface area (Å²) in [4.78, 5) is 0. The Balaban J connectivity index is 2.26. The summed E-state index contributed by atoms with van der Waals surface area (Å²) in [6.07, 6.45) is 3.80. The largest absolute Gasteiger partial charge is 0.501 e. The Kier molecular flexibility index (Phi) is 3.52. The minimum absolute atomic E-state index is 0.145. The molecule has 1 aromatic rings. The van der Waals surface area contributed by atoms with Crippen molar-refractivity contribution in [3.8, 4) is 0 Å². The van der Waals surface area contributed by atoms with Gasteiger partial charge in [0.1, 0.15) is 0 Å². The van der Waals surface area contributed by atoms with Crippen LogP contribution in [-0.4, -0.2) is 6.61 Å². The van der Waals surface area contributed by atoms with Gasteiger partial charge in [0.2, 0.25) is 0 Å². The predicted molar refractivity (Wildman–Crippen MR) is 66.4 cm³/mol. The molecule has 0 aliphatic carbocycles. The van der Waals surface area contributed by atoms with E-state index in [2.05, 4.69) is 0 Å². The lowest BCUT2D eigenvalue weighted by atomic mass is 9.95. The van der Waals surface area contributed by atoms with Crippen molar-refractivity contribution in [2.75, 3.05) is 6.61 Å². The van der Waals surface area contributed by atoms with Crippen LogP contribution in [0.25, 0.3) is 0 Å². The van der Waals surface area contributed by atoms with Gasteiger partial charge in [0.25, 0.3) is 0 Å². The van der Waals surface area contributed by atoms with Crippen molar-refractivity contribution >= 4 is 11.6 Å². The molecule has 2 N–H and O–H groups in total. The van der Waals surface area contributed by atoms with Gasteiger partial charge in [0.05, 0.1) is 18.9 Å². The summed E-state index contributed by atoms with van der Waals surface area (Å²) >= 11 is 6.20. The van der Waals surface area contributed by atoms with Crippen molar-refractivity contribution in [3.05, 3.63) is 46.2 Å². The maximum absolute atomic E-state index is 6.20. The fraction of sp³-hybridized carbons (Fsp3) is 0.385. The van der Waals surface area contributed by atoms with Gasteiger partial charge in [-0.15, -0.1) is 0 Å². The van der Waals surface area contributed by atoms with Gasteiger partial charge in [-0.3, -0.25) is 0 Å². The third kappa shape index (κ3) is 2.39. The third-order valence-electron chi connectivity index (χ3n) is 2.85. The van der Waals surface area contributed by atoms with E-state index >= 15 is 0 Å². The molecule has 0 radical (unpaired) electrons. The van der Waals surface area contributed by atoms with Gasteiger partial charge in [-0.1, -0.05) is 23.7 Å². The van der Waals surface area contributed by atoms with Crippen LogP contribution in [-0.2, 0) is 4.74 Å². The Hall–Kier alpha value is -0.990. The van der Waals surface area contributed by atoms with E-state index in [1.165, 1.54) is 0 Å². The predicted octanol–water partition coefficient (Wildman–Crippen LogP) is 3.34. The van der Waals surface area contributed by atoms with Crippen LogP contribution >= 0.6 is 11.6 Å². The molecule has 0 saturated carbocycles. The molecule has 16 heavy (non-hydrogen) atoms. The van der Waals surface area contributed by atoms with Gasteiger partial charge >= 0.3 is 0 Å². The highest BCUT2D eigenvalue weighted by Crippen LogP contribution is 2.30. The summed E-state index contributed by atoms with van der Waals surface area (Å²) in [5.41, 5.74) is 9.43. The number of halogens is 1. The van der Waals surface area contributed by atoms with Crippen molar-refractivity contribution in [2.45, 2.75) is 25.8 Å². The second kappa shape index (κ2) is 4.89. The van der Waals surface area contributed by atoms with Crippen molar-refractivity contribution < 1.29 is 4.74 Å². The highest BCUT2D eigenvalue weighted by molar-refractivity contribution is 6.31. The molecule has 1 unspecified atom stereocenters. The molecule has 86 valence electrons. The second-order valence-corrected chi connectivity index (χ2v) is 4.58. The van der Waals surface area contributed by atoms with Crippen molar-refractivity contribution in [3.63, 3.8) is 0 Å². The number of nitrogens with two attached hydrogens (primary N) is 1. The molecule has 0 bridgehead atoms. The summed E-state index contributed by atoms with van der Waals surface area (Å²) in [6, 6.07) is 5.83. The first kappa shape index (κ1) is 11.5. The number of benzene rings is 1. The molecule has 0 saturated heterocycles. The van der Waals surface area contributed by atoms with Crippen LogP contribution in [0, 0.1) is 6.92 Å². The van der Waals surface area contributed by atoms with E-state index in [9.17, 15) is 0 Å². The fourth-order valence-corrected chi connectivity index (χ4v) is 2.25. The van der Waals surface area contributed by atoms with Crippen molar-refractivity contribution in [1.29, 1.82) is 0 Å². The van der Waals surface area contributed by atoms with Gasteiger partial charge in [-0.25, -0.2) is 0 Å². The molecule has 3 heteroatoms. The van der Waals surface area contributed by atoms with Gasteiger partial charge in [0.15, 0.2) is 0 Å². The fourth-order valence-electron chi connectivity index (χ4n) is 1.90. The van der Waals surface area contributed by atoms with Gasteiger partial charge < -0.3 is 10.5 Å². The van der Waals surface area contributed by atoms with E-state index in [-0.39, 0.29) is 6.04 Å². The number of rotatable bonds is 2. The van der Waals surface area contributed by atoms with Crippen LogP contribution < -0.4 is 5.73 Å². The normalized spacial score (nSPS) is 17.6. The zero-order chi connectivity index (χ0) is 11.5. The first-order valence-electron chi connectivity index (χ1n) is 5.50. The molecule has 2 rings (SSSR count). The zero-order valence-corrected chi connectivity index (χ0v) is 10.1. The molecule has 0 spiro atoms. The van der Waals surface area contributed by atoms with E-state index in [1.54, 1.807) is 6.26 Å². The van der Waals surface area contributed by atoms with Crippen molar-refractivity contribution in [2.24, 2.45) is 5.73 Å². The average Bonchev–Trinajstić information content (AvgIpc) is 2.29. The summed E-state index contributed by atoms with van der Waals surface area (Å²) < 4.78 is 5.30. The standard InChI is InChI=1S/C13H16ClNO/c1-9-4-5-11(12(14)7-9)13(15)10-3-2-6-16-8-10/h4-5,7-8,13H,2-3,6,15H2,1H3. The first-order chi connectivity index (χ1) is 7.68. The Morgan fingerprint density at radius 2 is 2.25 bits per heavy atom.